The van der Waals surface area contributed by atoms with Crippen LogP contribution in [0.25, 0.3) is 0 Å². The molecule has 1 rings (SSSR count). The van der Waals surface area contributed by atoms with Crippen molar-refractivity contribution in [3.05, 3.63) is 0 Å². The van der Waals surface area contributed by atoms with Gasteiger partial charge in [0.15, 0.2) is 18.3 Å². The van der Waals surface area contributed by atoms with Gasteiger partial charge in [0.05, 0.1) is 0 Å². The van der Waals surface area contributed by atoms with E-state index in [0.717, 1.165) is 0 Å². The topological polar surface area (TPSA) is 114 Å². The maximum Gasteiger partial charge on any atom is 0.303 e. The number of hydrogen-bond acceptors (Lipinski definition) is 9. The fourth-order valence-corrected chi connectivity index (χ4v) is 3.11. The van der Waals surface area contributed by atoms with Crippen LogP contribution in [0, 0.1) is 0 Å². The molecule has 136 valence electrons. The molecule has 1 fully saturated rings. The largest absolute Gasteiger partial charge is 0.463 e. The van der Waals surface area contributed by atoms with E-state index in [1.165, 1.54) is 27.7 Å². The first-order chi connectivity index (χ1) is 11.1. The van der Waals surface area contributed by atoms with E-state index in [0.29, 0.717) is 0 Å². The summed E-state index contributed by atoms with van der Waals surface area (Å²) in [5.74, 6) is -2.45. The van der Waals surface area contributed by atoms with Crippen molar-refractivity contribution in [2.24, 2.45) is 0 Å². The van der Waals surface area contributed by atoms with Gasteiger partial charge in [-0.15, -0.1) is 0 Å². The highest BCUT2D eigenvalue weighted by molar-refractivity contribution is 14.1. The van der Waals surface area contributed by atoms with Gasteiger partial charge < -0.3 is 23.7 Å². The summed E-state index contributed by atoms with van der Waals surface area (Å²) in [6.07, 6.45) is -4.05. The van der Waals surface area contributed by atoms with Crippen molar-refractivity contribution in [1.82, 2.24) is 0 Å². The van der Waals surface area contributed by atoms with Gasteiger partial charge >= 0.3 is 23.9 Å². The maximum atomic E-state index is 11.4. The Morgan fingerprint density at radius 1 is 0.792 bits per heavy atom. The van der Waals surface area contributed by atoms with Crippen LogP contribution in [0.2, 0.25) is 0 Å². The molecule has 0 radical (unpaired) electrons. The minimum atomic E-state index is -1.10. The van der Waals surface area contributed by atoms with Crippen molar-refractivity contribution in [2.75, 3.05) is 6.61 Å². The lowest BCUT2D eigenvalue weighted by atomic mass is 9.99. The average Bonchev–Trinajstić information content (AvgIpc) is 2.42. The van der Waals surface area contributed by atoms with Gasteiger partial charge in [0.2, 0.25) is 0 Å². The van der Waals surface area contributed by atoms with Gasteiger partial charge in [0, 0.05) is 27.7 Å². The van der Waals surface area contributed by atoms with Crippen molar-refractivity contribution < 1.29 is 42.9 Å². The monoisotopic (exact) mass is 458 g/mol. The van der Waals surface area contributed by atoms with Gasteiger partial charge in [0.1, 0.15) is 16.8 Å². The fourth-order valence-electron chi connectivity index (χ4n) is 2.18. The molecular weight excluding hydrogens is 439 g/mol. The Labute approximate surface area is 152 Å². The number of carbonyl (C=O) groups excluding carboxylic acids is 4. The van der Waals surface area contributed by atoms with E-state index < -0.39 is 52.4 Å². The number of rotatable bonds is 5. The third-order valence-corrected chi connectivity index (χ3v) is 3.94. The Bertz CT molecular complexity index is 506. The first kappa shape index (κ1) is 20.6. The van der Waals surface area contributed by atoms with Crippen LogP contribution in [0.4, 0.5) is 0 Å². The summed E-state index contributed by atoms with van der Waals surface area (Å²) in [5.41, 5.74) is 0. The summed E-state index contributed by atoms with van der Waals surface area (Å²) in [6, 6.07) is 0. The van der Waals surface area contributed by atoms with Crippen molar-refractivity contribution in [2.45, 2.75) is 56.2 Å². The van der Waals surface area contributed by atoms with Crippen LogP contribution in [0.3, 0.4) is 0 Å². The molecule has 0 amide bonds. The molecule has 0 unspecified atom stereocenters. The van der Waals surface area contributed by atoms with Gasteiger partial charge in [-0.05, 0) is 22.6 Å². The summed E-state index contributed by atoms with van der Waals surface area (Å²) in [4.78, 5) is 45.2. The zero-order chi connectivity index (χ0) is 18.4. The highest BCUT2D eigenvalue weighted by atomic mass is 127. The van der Waals surface area contributed by atoms with E-state index in [-0.39, 0.29) is 6.61 Å². The van der Waals surface area contributed by atoms with Crippen LogP contribution >= 0.6 is 22.6 Å². The van der Waals surface area contributed by atoms with Gasteiger partial charge in [-0.3, -0.25) is 19.2 Å². The van der Waals surface area contributed by atoms with Crippen LogP contribution in [0.5, 0.6) is 0 Å². The molecule has 9 nitrogen and oxygen atoms in total. The predicted molar refractivity (Wildman–Crippen MR) is 86.0 cm³/mol. The molecular formula is C14H19IO9. The first-order valence-electron chi connectivity index (χ1n) is 7.06. The van der Waals surface area contributed by atoms with Crippen molar-refractivity contribution >= 4 is 46.5 Å². The second kappa shape index (κ2) is 9.16. The van der Waals surface area contributed by atoms with E-state index in [4.69, 9.17) is 23.7 Å². The molecule has 1 heterocycles. The van der Waals surface area contributed by atoms with Crippen LogP contribution in [0.1, 0.15) is 27.7 Å². The average molecular weight is 458 g/mol. The molecule has 0 aromatic rings. The third-order valence-electron chi connectivity index (χ3n) is 2.93. The van der Waals surface area contributed by atoms with Crippen molar-refractivity contribution in [3.8, 4) is 0 Å². The zero-order valence-electron chi connectivity index (χ0n) is 13.6. The smallest absolute Gasteiger partial charge is 0.303 e. The molecule has 5 atom stereocenters. The molecule has 1 saturated heterocycles. The zero-order valence-corrected chi connectivity index (χ0v) is 15.8. The molecule has 0 bridgehead atoms. The minimum absolute atomic E-state index is 0.211. The summed E-state index contributed by atoms with van der Waals surface area (Å²) < 4.78 is 25.4. The van der Waals surface area contributed by atoms with Crippen LogP contribution in [-0.4, -0.2) is 59.0 Å². The Morgan fingerprint density at radius 2 is 1.25 bits per heavy atom. The fraction of sp³-hybridized carbons (Fsp3) is 0.714. The molecule has 0 spiro atoms. The van der Waals surface area contributed by atoms with Crippen molar-refractivity contribution in [1.29, 1.82) is 0 Å². The number of esters is 4. The van der Waals surface area contributed by atoms with E-state index in [1.807, 2.05) is 22.6 Å². The SMILES string of the molecule is CC(=O)OC[C@H]1O[C@H](I)[C@@H](OC(C)=O)[C@@H](OC(C)=O)[C@@H]1OC(C)=O. The van der Waals surface area contributed by atoms with Crippen LogP contribution in [-0.2, 0) is 42.9 Å². The number of carbonyl (C=O) groups is 4. The van der Waals surface area contributed by atoms with Crippen LogP contribution in [0.15, 0.2) is 0 Å². The normalized spacial score (nSPS) is 29.3. The summed E-state index contributed by atoms with van der Waals surface area (Å²) >= 11 is 1.86. The van der Waals surface area contributed by atoms with Gasteiger partial charge in [0.25, 0.3) is 0 Å². The molecule has 1 aliphatic heterocycles. The van der Waals surface area contributed by atoms with Crippen molar-refractivity contribution in [3.63, 3.8) is 0 Å². The van der Waals surface area contributed by atoms with E-state index in [1.54, 1.807) is 0 Å². The minimum Gasteiger partial charge on any atom is -0.463 e. The lowest BCUT2D eigenvalue weighted by molar-refractivity contribution is -0.234. The first-order valence-corrected chi connectivity index (χ1v) is 8.31. The highest BCUT2D eigenvalue weighted by Gasteiger charge is 2.51. The molecule has 10 heteroatoms. The molecule has 0 aromatic carbocycles. The van der Waals surface area contributed by atoms with Gasteiger partial charge in [-0.1, -0.05) is 0 Å². The summed E-state index contributed by atoms with van der Waals surface area (Å²) in [6.45, 7) is 4.55. The number of ether oxygens (including phenoxy) is 5. The Kier molecular flexibility index (Phi) is 7.87. The molecule has 1 aliphatic rings. The van der Waals surface area contributed by atoms with E-state index in [2.05, 4.69) is 0 Å². The number of halogens is 1. The lowest BCUT2D eigenvalue weighted by Gasteiger charge is -2.42. The summed E-state index contributed by atoms with van der Waals surface area (Å²) in [7, 11) is 0. The predicted octanol–water partition coefficient (Wildman–Crippen LogP) is 0.504. The van der Waals surface area contributed by atoms with Gasteiger partial charge in [-0.25, -0.2) is 0 Å². The summed E-state index contributed by atoms with van der Waals surface area (Å²) in [5, 5.41) is 0. The second-order valence-corrected chi connectivity index (χ2v) is 6.28. The maximum absolute atomic E-state index is 11.4. The second-order valence-electron chi connectivity index (χ2n) is 5.05. The van der Waals surface area contributed by atoms with E-state index >= 15 is 0 Å². The number of alkyl halides is 1. The Balaban J connectivity index is 3.11. The molecule has 24 heavy (non-hydrogen) atoms. The third kappa shape index (κ3) is 6.23. The quantitative estimate of drug-likeness (QED) is 0.252. The molecule has 0 saturated carbocycles. The number of hydrogen-bond donors (Lipinski definition) is 0. The lowest BCUT2D eigenvalue weighted by Crippen LogP contribution is -2.60. The molecule has 0 aromatic heterocycles. The van der Waals surface area contributed by atoms with Crippen LogP contribution < -0.4 is 0 Å². The van der Waals surface area contributed by atoms with E-state index in [9.17, 15) is 19.2 Å². The molecule has 0 aliphatic carbocycles. The van der Waals surface area contributed by atoms with Gasteiger partial charge in [-0.2, -0.15) is 0 Å². The highest BCUT2D eigenvalue weighted by Crippen LogP contribution is 2.31. The standard InChI is InChI=1S/C14H19IO9/c1-6(16)20-5-10-11(21-7(2)17)12(22-8(3)18)13(14(15)24-10)23-9(4)19/h10-14H,5H2,1-4H3/t10-,11-,12+,13+,14+/m1/s1. The Morgan fingerprint density at radius 3 is 1.71 bits per heavy atom. The molecule has 0 N–H and O–H groups in total. The Hall–Kier alpha value is -1.43.